The monoisotopic (exact) mass is 454 g/mol. The molecule has 4 aliphatic carbocycles. The van der Waals surface area contributed by atoms with Gasteiger partial charge in [0, 0.05) is 19.1 Å². The van der Waals surface area contributed by atoms with E-state index >= 15 is 0 Å². The first-order valence-corrected chi connectivity index (χ1v) is 12.8. The minimum Gasteiger partial charge on any atom is -0.359 e. The molecule has 2 aromatic carbocycles. The zero-order valence-electron chi connectivity index (χ0n) is 20.0. The smallest absolute Gasteiger partial charge is 0.257 e. The standard InChI is InChI=1S/C29H34N4O/c1-32(13-12-21-8-4-2-5-9-21)28-26(20-30-33(28)25-10-6-3-7-11-25)27(34)31-29-17-22-14-23(18-29)16-24(15-22)19-29/h2-11,20,22-24H,12-19H2,1H3,(H,31,34). The molecule has 0 atom stereocenters. The van der Waals surface area contributed by atoms with Gasteiger partial charge in [-0.25, -0.2) is 4.68 Å². The van der Waals surface area contributed by atoms with Gasteiger partial charge in [-0.15, -0.1) is 0 Å². The summed E-state index contributed by atoms with van der Waals surface area (Å²) in [6.07, 6.45) is 10.2. The van der Waals surface area contributed by atoms with Crippen molar-refractivity contribution in [3.63, 3.8) is 0 Å². The second-order valence-corrected chi connectivity index (χ2v) is 10.9. The van der Waals surface area contributed by atoms with E-state index in [1.165, 1.54) is 24.8 Å². The average molecular weight is 455 g/mol. The maximum atomic E-state index is 13.8. The average Bonchev–Trinajstić information content (AvgIpc) is 3.28. The quantitative estimate of drug-likeness (QED) is 0.530. The fraction of sp³-hybridized carbons (Fsp3) is 0.448. The van der Waals surface area contributed by atoms with Gasteiger partial charge >= 0.3 is 0 Å². The van der Waals surface area contributed by atoms with Gasteiger partial charge in [0.15, 0.2) is 0 Å². The number of anilines is 1. The number of aromatic nitrogens is 2. The molecule has 4 fully saturated rings. The summed E-state index contributed by atoms with van der Waals surface area (Å²) < 4.78 is 1.92. The van der Waals surface area contributed by atoms with Crippen LogP contribution in [-0.4, -0.2) is 34.8 Å². The molecule has 0 radical (unpaired) electrons. The van der Waals surface area contributed by atoms with Crippen molar-refractivity contribution in [2.24, 2.45) is 17.8 Å². The van der Waals surface area contributed by atoms with E-state index < -0.39 is 0 Å². The fourth-order valence-electron chi connectivity index (χ4n) is 7.25. The lowest BCUT2D eigenvalue weighted by molar-refractivity contribution is -0.0166. The summed E-state index contributed by atoms with van der Waals surface area (Å²) >= 11 is 0. The number of carbonyl (C=O) groups is 1. The highest BCUT2D eigenvalue weighted by atomic mass is 16.2. The highest BCUT2D eigenvalue weighted by Gasteiger charge is 2.51. The van der Waals surface area contributed by atoms with E-state index in [1.807, 2.05) is 41.1 Å². The third kappa shape index (κ3) is 4.02. The topological polar surface area (TPSA) is 50.2 Å². The van der Waals surface area contributed by atoms with E-state index in [9.17, 15) is 4.79 Å². The first-order valence-electron chi connectivity index (χ1n) is 12.8. The first kappa shape index (κ1) is 21.5. The van der Waals surface area contributed by atoms with Gasteiger partial charge in [-0.3, -0.25) is 4.79 Å². The molecule has 7 rings (SSSR count). The number of amides is 1. The second kappa shape index (κ2) is 8.61. The maximum absolute atomic E-state index is 13.8. The number of nitrogens with one attached hydrogen (secondary N) is 1. The zero-order valence-corrected chi connectivity index (χ0v) is 20.0. The summed E-state index contributed by atoms with van der Waals surface area (Å²) in [7, 11) is 2.07. The molecule has 1 N–H and O–H groups in total. The molecule has 1 heterocycles. The molecule has 5 nitrogen and oxygen atoms in total. The Balaban J connectivity index is 1.29. The van der Waals surface area contributed by atoms with Crippen molar-refractivity contribution < 1.29 is 4.79 Å². The van der Waals surface area contributed by atoms with Crippen LogP contribution in [0, 0.1) is 17.8 Å². The lowest BCUT2D eigenvalue weighted by atomic mass is 9.53. The molecule has 4 saturated carbocycles. The molecular formula is C29H34N4O. The van der Waals surface area contributed by atoms with Crippen LogP contribution in [0.15, 0.2) is 66.9 Å². The molecule has 1 amide bonds. The summed E-state index contributed by atoms with van der Waals surface area (Å²) in [4.78, 5) is 16.0. The second-order valence-electron chi connectivity index (χ2n) is 10.9. The molecule has 3 aromatic rings. The molecule has 1 aromatic heterocycles. The number of para-hydroxylation sites is 1. The predicted molar refractivity (Wildman–Crippen MR) is 135 cm³/mol. The van der Waals surface area contributed by atoms with Crippen molar-refractivity contribution >= 4 is 11.7 Å². The van der Waals surface area contributed by atoms with Crippen molar-refractivity contribution in [3.8, 4) is 5.69 Å². The lowest BCUT2D eigenvalue weighted by Crippen LogP contribution is -2.59. The van der Waals surface area contributed by atoms with Crippen molar-refractivity contribution in [1.29, 1.82) is 0 Å². The number of benzene rings is 2. The highest BCUT2D eigenvalue weighted by molar-refractivity contribution is 5.99. The molecule has 4 bridgehead atoms. The van der Waals surface area contributed by atoms with Crippen LogP contribution in [0.25, 0.3) is 5.69 Å². The minimum absolute atomic E-state index is 0.0133. The van der Waals surface area contributed by atoms with Gasteiger partial charge in [0.25, 0.3) is 5.91 Å². The van der Waals surface area contributed by atoms with Crippen LogP contribution >= 0.6 is 0 Å². The summed E-state index contributed by atoms with van der Waals surface area (Å²) in [6.45, 7) is 0.806. The van der Waals surface area contributed by atoms with Gasteiger partial charge < -0.3 is 10.2 Å². The van der Waals surface area contributed by atoms with E-state index in [-0.39, 0.29) is 11.4 Å². The molecule has 34 heavy (non-hydrogen) atoms. The number of rotatable bonds is 7. The van der Waals surface area contributed by atoms with Gasteiger partial charge in [-0.2, -0.15) is 5.10 Å². The van der Waals surface area contributed by atoms with E-state index in [1.54, 1.807) is 6.20 Å². The molecule has 0 saturated heterocycles. The number of hydrogen-bond acceptors (Lipinski definition) is 3. The third-order valence-corrected chi connectivity index (χ3v) is 8.35. The maximum Gasteiger partial charge on any atom is 0.257 e. The Morgan fingerprint density at radius 2 is 1.56 bits per heavy atom. The van der Waals surface area contributed by atoms with Gasteiger partial charge in [0.2, 0.25) is 0 Å². The van der Waals surface area contributed by atoms with Gasteiger partial charge in [0.05, 0.1) is 11.9 Å². The number of nitrogens with zero attached hydrogens (tertiary/aromatic N) is 3. The van der Waals surface area contributed by atoms with Gasteiger partial charge in [-0.05, 0) is 80.4 Å². The number of likely N-dealkylation sites (N-methyl/N-ethyl adjacent to an activating group) is 1. The highest BCUT2D eigenvalue weighted by Crippen LogP contribution is 2.55. The molecule has 176 valence electrons. The third-order valence-electron chi connectivity index (χ3n) is 8.35. The van der Waals surface area contributed by atoms with Crippen LogP contribution in [-0.2, 0) is 6.42 Å². The molecule has 4 aliphatic rings. The Kier molecular flexibility index (Phi) is 5.43. The van der Waals surface area contributed by atoms with Crippen LogP contribution in [0.2, 0.25) is 0 Å². The normalized spacial score (nSPS) is 27.0. The van der Waals surface area contributed by atoms with Crippen LogP contribution in [0.3, 0.4) is 0 Å². The van der Waals surface area contributed by atoms with E-state index in [0.717, 1.165) is 61.5 Å². The van der Waals surface area contributed by atoms with E-state index in [4.69, 9.17) is 5.10 Å². The predicted octanol–water partition coefficient (Wildman–Crippen LogP) is 5.25. The van der Waals surface area contributed by atoms with Crippen LogP contribution in [0.5, 0.6) is 0 Å². The molecule has 0 spiro atoms. The lowest BCUT2D eigenvalue weighted by Gasteiger charge is -2.56. The largest absolute Gasteiger partial charge is 0.359 e. The van der Waals surface area contributed by atoms with Gasteiger partial charge in [0.1, 0.15) is 11.4 Å². The van der Waals surface area contributed by atoms with Crippen molar-refractivity contribution in [3.05, 3.63) is 78.0 Å². The van der Waals surface area contributed by atoms with E-state index in [0.29, 0.717) is 5.56 Å². The molecule has 5 heteroatoms. The molecular weight excluding hydrogens is 420 g/mol. The number of carbonyl (C=O) groups excluding carboxylic acids is 1. The Labute approximate surface area is 202 Å². The summed E-state index contributed by atoms with van der Waals surface area (Å²) in [6, 6.07) is 20.6. The summed E-state index contributed by atoms with van der Waals surface area (Å²) in [5.74, 6) is 3.29. The SMILES string of the molecule is CN(CCc1ccccc1)c1c(C(=O)NC23CC4CC(CC(C4)C2)C3)cnn1-c1ccccc1. The summed E-state index contributed by atoms with van der Waals surface area (Å²) in [5.41, 5.74) is 2.92. The Hall–Kier alpha value is -3.08. The van der Waals surface area contributed by atoms with Crippen molar-refractivity contribution in [1.82, 2.24) is 15.1 Å². The van der Waals surface area contributed by atoms with Crippen molar-refractivity contribution in [2.45, 2.75) is 50.5 Å². The number of hydrogen-bond donors (Lipinski definition) is 1. The van der Waals surface area contributed by atoms with Crippen LogP contribution < -0.4 is 10.2 Å². The van der Waals surface area contributed by atoms with Crippen LogP contribution in [0.1, 0.15) is 54.4 Å². The Bertz CT molecular complexity index is 1120. The van der Waals surface area contributed by atoms with E-state index in [2.05, 4.69) is 41.5 Å². The Morgan fingerprint density at radius 1 is 0.971 bits per heavy atom. The van der Waals surface area contributed by atoms with Gasteiger partial charge in [-0.1, -0.05) is 48.5 Å². The minimum atomic E-state index is -0.0133. The Morgan fingerprint density at radius 3 is 2.18 bits per heavy atom. The van der Waals surface area contributed by atoms with Crippen molar-refractivity contribution in [2.75, 3.05) is 18.5 Å². The summed E-state index contributed by atoms with van der Waals surface area (Å²) in [5, 5.41) is 8.25. The van der Waals surface area contributed by atoms with Crippen LogP contribution in [0.4, 0.5) is 5.82 Å². The fourth-order valence-corrected chi connectivity index (χ4v) is 7.25. The first-order chi connectivity index (χ1) is 16.6. The zero-order chi connectivity index (χ0) is 23.1. The molecule has 0 aliphatic heterocycles. The molecule has 0 unspecified atom stereocenters.